The minimum Gasteiger partial charge on any atom is -0.497 e. The summed E-state index contributed by atoms with van der Waals surface area (Å²) in [5.41, 5.74) is 6.70. The molecule has 3 N–H and O–H groups in total. The van der Waals surface area contributed by atoms with Crippen LogP contribution in [0, 0.1) is 0 Å². The standard InChI is InChI=1S/C14H19N3O4/c1-20-10-3-4-11(12(15)7-10)13(18)17-6-5-9(8-17)16-14(19)21-2/h3-4,7,9H,5-6,8,15H2,1-2H3,(H,16,19). The monoisotopic (exact) mass is 293 g/mol. The smallest absolute Gasteiger partial charge is 0.407 e. The predicted octanol–water partition coefficient (Wildman–Crippen LogP) is 0.848. The number of anilines is 1. The highest BCUT2D eigenvalue weighted by molar-refractivity contribution is 5.99. The topological polar surface area (TPSA) is 93.9 Å². The highest BCUT2D eigenvalue weighted by Crippen LogP contribution is 2.22. The van der Waals surface area contributed by atoms with Crippen LogP contribution in [-0.4, -0.2) is 50.3 Å². The molecule has 21 heavy (non-hydrogen) atoms. The highest BCUT2D eigenvalue weighted by atomic mass is 16.5. The van der Waals surface area contributed by atoms with Crippen LogP contribution in [0.25, 0.3) is 0 Å². The molecule has 2 rings (SSSR count). The number of rotatable bonds is 3. The van der Waals surface area contributed by atoms with Crippen LogP contribution in [0.3, 0.4) is 0 Å². The molecule has 2 amide bonds. The van der Waals surface area contributed by atoms with Gasteiger partial charge in [-0.25, -0.2) is 4.79 Å². The van der Waals surface area contributed by atoms with Gasteiger partial charge in [0.1, 0.15) is 5.75 Å². The van der Waals surface area contributed by atoms with Gasteiger partial charge in [-0.2, -0.15) is 0 Å². The van der Waals surface area contributed by atoms with Crippen molar-refractivity contribution in [1.29, 1.82) is 0 Å². The second kappa shape index (κ2) is 6.34. The number of nitrogen functional groups attached to an aromatic ring is 1. The maximum absolute atomic E-state index is 12.4. The van der Waals surface area contributed by atoms with Gasteiger partial charge < -0.3 is 25.4 Å². The van der Waals surface area contributed by atoms with E-state index in [0.29, 0.717) is 36.5 Å². The zero-order valence-electron chi connectivity index (χ0n) is 12.1. The Labute approximate surface area is 123 Å². The lowest BCUT2D eigenvalue weighted by Crippen LogP contribution is -2.38. The second-order valence-electron chi connectivity index (χ2n) is 4.83. The van der Waals surface area contributed by atoms with Gasteiger partial charge in [0.25, 0.3) is 5.91 Å². The molecule has 7 heteroatoms. The summed E-state index contributed by atoms with van der Waals surface area (Å²) >= 11 is 0. The molecule has 0 bridgehead atoms. The van der Waals surface area contributed by atoms with Gasteiger partial charge in [-0.15, -0.1) is 0 Å². The van der Waals surface area contributed by atoms with Crippen molar-refractivity contribution in [2.45, 2.75) is 12.5 Å². The van der Waals surface area contributed by atoms with E-state index in [1.165, 1.54) is 7.11 Å². The number of nitrogens with two attached hydrogens (primary N) is 1. The van der Waals surface area contributed by atoms with Gasteiger partial charge >= 0.3 is 6.09 Å². The fraction of sp³-hybridized carbons (Fsp3) is 0.429. The number of carbonyl (C=O) groups is 2. The van der Waals surface area contributed by atoms with Crippen molar-refractivity contribution in [1.82, 2.24) is 10.2 Å². The SMILES string of the molecule is COC(=O)NC1CCN(C(=O)c2ccc(OC)cc2N)C1. The first-order chi connectivity index (χ1) is 10.0. The molecule has 0 radical (unpaired) electrons. The molecule has 0 aliphatic carbocycles. The van der Waals surface area contributed by atoms with Crippen LogP contribution in [0.15, 0.2) is 18.2 Å². The number of alkyl carbamates (subject to hydrolysis) is 1. The molecule has 1 saturated heterocycles. The van der Waals surface area contributed by atoms with E-state index >= 15 is 0 Å². The number of nitrogens with zero attached hydrogens (tertiary/aromatic N) is 1. The zero-order valence-corrected chi connectivity index (χ0v) is 12.1. The fourth-order valence-corrected chi connectivity index (χ4v) is 2.32. The summed E-state index contributed by atoms with van der Waals surface area (Å²) in [4.78, 5) is 25.3. The summed E-state index contributed by atoms with van der Waals surface area (Å²) in [6.07, 6.45) is 0.204. The summed E-state index contributed by atoms with van der Waals surface area (Å²) in [5.74, 6) is 0.458. The highest BCUT2D eigenvalue weighted by Gasteiger charge is 2.29. The first kappa shape index (κ1) is 15.0. The largest absolute Gasteiger partial charge is 0.497 e. The van der Waals surface area contributed by atoms with Crippen LogP contribution >= 0.6 is 0 Å². The quantitative estimate of drug-likeness (QED) is 0.806. The van der Waals surface area contributed by atoms with Crippen LogP contribution in [0.2, 0.25) is 0 Å². The molecular weight excluding hydrogens is 274 g/mol. The van der Waals surface area contributed by atoms with Gasteiger partial charge in [-0.1, -0.05) is 0 Å². The second-order valence-corrected chi connectivity index (χ2v) is 4.83. The average molecular weight is 293 g/mol. The Balaban J connectivity index is 2.03. The van der Waals surface area contributed by atoms with E-state index < -0.39 is 6.09 Å². The lowest BCUT2D eigenvalue weighted by molar-refractivity contribution is 0.0789. The Morgan fingerprint density at radius 2 is 2.14 bits per heavy atom. The summed E-state index contributed by atoms with van der Waals surface area (Å²) in [6.45, 7) is 1.01. The molecule has 1 aliphatic heterocycles. The third kappa shape index (κ3) is 3.36. The molecule has 1 aromatic carbocycles. The van der Waals surface area contributed by atoms with E-state index in [1.54, 1.807) is 30.2 Å². The summed E-state index contributed by atoms with van der Waals surface area (Å²) < 4.78 is 9.61. The lowest BCUT2D eigenvalue weighted by atomic mass is 10.1. The third-order valence-electron chi connectivity index (χ3n) is 3.47. The molecule has 0 spiro atoms. The molecule has 1 atom stereocenters. The fourth-order valence-electron chi connectivity index (χ4n) is 2.32. The van der Waals surface area contributed by atoms with E-state index in [0.717, 1.165) is 0 Å². The number of methoxy groups -OCH3 is 2. The number of amides is 2. The lowest BCUT2D eigenvalue weighted by Gasteiger charge is -2.18. The molecule has 1 aromatic rings. The zero-order chi connectivity index (χ0) is 15.4. The molecular formula is C14H19N3O4. The van der Waals surface area contributed by atoms with Crippen molar-refractivity contribution in [2.24, 2.45) is 0 Å². The van der Waals surface area contributed by atoms with Crippen molar-refractivity contribution in [3.8, 4) is 5.75 Å². The van der Waals surface area contributed by atoms with Gasteiger partial charge in [0.2, 0.25) is 0 Å². The Morgan fingerprint density at radius 1 is 1.38 bits per heavy atom. The van der Waals surface area contributed by atoms with Gasteiger partial charge in [-0.3, -0.25) is 4.79 Å². The van der Waals surface area contributed by atoms with Crippen molar-refractivity contribution >= 4 is 17.7 Å². The van der Waals surface area contributed by atoms with Crippen molar-refractivity contribution < 1.29 is 19.1 Å². The van der Waals surface area contributed by atoms with Crippen LogP contribution in [0.5, 0.6) is 5.75 Å². The van der Waals surface area contributed by atoms with Gasteiger partial charge in [0, 0.05) is 24.8 Å². The maximum atomic E-state index is 12.4. The Kier molecular flexibility index (Phi) is 4.52. The molecule has 114 valence electrons. The van der Waals surface area contributed by atoms with Gasteiger partial charge in [-0.05, 0) is 18.6 Å². The normalized spacial score (nSPS) is 17.4. The van der Waals surface area contributed by atoms with E-state index in [1.807, 2.05) is 0 Å². The van der Waals surface area contributed by atoms with Gasteiger partial charge in [0.15, 0.2) is 0 Å². The number of nitrogens with one attached hydrogen (secondary N) is 1. The van der Waals surface area contributed by atoms with E-state index in [4.69, 9.17) is 10.5 Å². The van der Waals surface area contributed by atoms with Crippen molar-refractivity contribution in [3.05, 3.63) is 23.8 Å². The van der Waals surface area contributed by atoms with Crippen LogP contribution in [0.1, 0.15) is 16.8 Å². The number of hydrogen-bond donors (Lipinski definition) is 2. The molecule has 1 heterocycles. The minimum atomic E-state index is -0.488. The minimum absolute atomic E-state index is 0.0964. The van der Waals surface area contributed by atoms with Crippen molar-refractivity contribution in [3.63, 3.8) is 0 Å². The molecule has 1 unspecified atom stereocenters. The third-order valence-corrected chi connectivity index (χ3v) is 3.47. The van der Waals surface area contributed by atoms with Gasteiger partial charge in [0.05, 0.1) is 25.8 Å². The van der Waals surface area contributed by atoms with E-state index in [2.05, 4.69) is 10.1 Å². The molecule has 1 fully saturated rings. The first-order valence-corrected chi connectivity index (χ1v) is 6.62. The van der Waals surface area contributed by atoms with Crippen LogP contribution in [0.4, 0.5) is 10.5 Å². The maximum Gasteiger partial charge on any atom is 0.407 e. The van der Waals surface area contributed by atoms with Crippen molar-refractivity contribution in [2.75, 3.05) is 33.0 Å². The summed E-state index contributed by atoms with van der Waals surface area (Å²) in [7, 11) is 2.85. The molecule has 7 nitrogen and oxygen atoms in total. The summed E-state index contributed by atoms with van der Waals surface area (Å²) in [6, 6.07) is 4.87. The molecule has 1 aliphatic rings. The Hall–Kier alpha value is -2.44. The number of hydrogen-bond acceptors (Lipinski definition) is 5. The van der Waals surface area contributed by atoms with Crippen LogP contribution < -0.4 is 15.8 Å². The Morgan fingerprint density at radius 3 is 2.76 bits per heavy atom. The predicted molar refractivity (Wildman–Crippen MR) is 77.3 cm³/mol. The number of carbonyl (C=O) groups excluding carboxylic acids is 2. The average Bonchev–Trinajstić information content (AvgIpc) is 2.94. The van der Waals surface area contributed by atoms with E-state index in [-0.39, 0.29) is 11.9 Å². The molecule has 0 saturated carbocycles. The Bertz CT molecular complexity index is 547. The van der Waals surface area contributed by atoms with E-state index in [9.17, 15) is 9.59 Å². The number of ether oxygens (including phenoxy) is 2. The first-order valence-electron chi connectivity index (χ1n) is 6.62. The number of benzene rings is 1. The number of likely N-dealkylation sites (tertiary alicyclic amines) is 1. The summed E-state index contributed by atoms with van der Waals surface area (Å²) in [5, 5.41) is 2.69. The van der Waals surface area contributed by atoms with Crippen LogP contribution in [-0.2, 0) is 4.74 Å². The molecule has 0 aromatic heterocycles.